The third-order valence-corrected chi connectivity index (χ3v) is 3.36. The highest BCUT2D eigenvalue weighted by Gasteiger charge is 2.10. The van der Waals surface area contributed by atoms with E-state index in [0.29, 0.717) is 36.3 Å². The molecule has 2 N–H and O–H groups in total. The molecule has 0 saturated carbocycles. The first-order chi connectivity index (χ1) is 10.6. The fraction of sp³-hybridized carbons (Fsp3) is 0.400. The average molecular weight is 305 g/mol. The number of fused-ring (bicyclic) bond motifs is 1. The monoisotopic (exact) mass is 305 g/mol. The lowest BCUT2D eigenvalue weighted by Gasteiger charge is -2.09. The van der Waals surface area contributed by atoms with Crippen molar-refractivity contribution < 1.29 is 9.53 Å². The van der Waals surface area contributed by atoms with Gasteiger partial charge in [-0.15, -0.1) is 0 Å². The molecule has 0 aliphatic rings. The number of H-pyrrole nitrogens is 1. The molecule has 2 rings (SSSR count). The van der Waals surface area contributed by atoms with E-state index < -0.39 is 11.1 Å². The van der Waals surface area contributed by atoms with Gasteiger partial charge in [0.1, 0.15) is 0 Å². The van der Waals surface area contributed by atoms with Gasteiger partial charge in [0, 0.05) is 32.4 Å². The summed E-state index contributed by atoms with van der Waals surface area (Å²) in [7, 11) is 1.61. The highest BCUT2D eigenvalue weighted by molar-refractivity contribution is 5.97. The number of hydrogen-bond donors (Lipinski definition) is 2. The number of carbonyl (C=O) groups excluding carboxylic acids is 1. The lowest BCUT2D eigenvalue weighted by atomic mass is 10.1. The molecule has 22 heavy (non-hydrogen) atoms. The molecule has 0 aliphatic carbocycles. The number of hydrogen-bond acceptors (Lipinski definition) is 4. The smallest absolute Gasteiger partial charge is 0.316 e. The lowest BCUT2D eigenvalue weighted by molar-refractivity contribution is 0.0948. The zero-order valence-corrected chi connectivity index (χ0v) is 12.6. The Morgan fingerprint density at radius 1 is 1.36 bits per heavy atom. The van der Waals surface area contributed by atoms with Gasteiger partial charge in [-0.25, -0.2) is 0 Å². The topological polar surface area (TPSA) is 93.2 Å². The minimum atomic E-state index is -0.688. The number of nitrogens with zero attached hydrogens (tertiary/aromatic N) is 1. The molecule has 7 heteroatoms. The molecule has 0 unspecified atom stereocenters. The Labute approximate surface area is 126 Å². The fourth-order valence-corrected chi connectivity index (χ4v) is 2.25. The first kappa shape index (κ1) is 16.0. The van der Waals surface area contributed by atoms with Gasteiger partial charge >= 0.3 is 11.1 Å². The number of aromatic nitrogens is 2. The Balaban J connectivity index is 2.31. The van der Waals surface area contributed by atoms with Gasteiger partial charge in [0.15, 0.2) is 0 Å². The molecule has 0 aliphatic heterocycles. The summed E-state index contributed by atoms with van der Waals surface area (Å²) in [6.45, 7) is 3.27. The Morgan fingerprint density at radius 2 is 2.14 bits per heavy atom. The quantitative estimate of drug-likeness (QED) is 0.599. The molecule has 1 amide bonds. The molecule has 0 bridgehead atoms. The number of aromatic amines is 1. The van der Waals surface area contributed by atoms with Crippen LogP contribution in [0.3, 0.4) is 0 Å². The first-order valence-corrected chi connectivity index (χ1v) is 7.12. The average Bonchev–Trinajstić information content (AvgIpc) is 2.52. The summed E-state index contributed by atoms with van der Waals surface area (Å²) in [5, 5.41) is 2.77. The second-order valence-electron chi connectivity index (χ2n) is 4.84. The van der Waals surface area contributed by atoms with Crippen molar-refractivity contribution in [2.24, 2.45) is 0 Å². The molecular weight excluding hydrogens is 286 g/mol. The van der Waals surface area contributed by atoms with Crippen molar-refractivity contribution >= 4 is 16.9 Å². The summed E-state index contributed by atoms with van der Waals surface area (Å²) in [4.78, 5) is 38.0. The van der Waals surface area contributed by atoms with Crippen molar-refractivity contribution in [3.8, 4) is 0 Å². The third-order valence-electron chi connectivity index (χ3n) is 3.36. The SMILES string of the molecule is CCn1c(=O)c(=O)[nH]c2cc(C(=O)NCCCOC)ccc21. The lowest BCUT2D eigenvalue weighted by Crippen LogP contribution is -2.36. The minimum absolute atomic E-state index is 0.229. The van der Waals surface area contributed by atoms with E-state index >= 15 is 0 Å². The van der Waals surface area contributed by atoms with Gasteiger partial charge in [0.25, 0.3) is 5.91 Å². The van der Waals surface area contributed by atoms with Gasteiger partial charge in [-0.1, -0.05) is 0 Å². The third kappa shape index (κ3) is 3.25. The number of amides is 1. The van der Waals surface area contributed by atoms with Gasteiger partial charge in [0.2, 0.25) is 0 Å². The normalized spacial score (nSPS) is 10.8. The zero-order chi connectivity index (χ0) is 16.1. The van der Waals surface area contributed by atoms with Gasteiger partial charge < -0.3 is 19.6 Å². The molecule has 0 radical (unpaired) electrons. The van der Waals surface area contributed by atoms with E-state index in [1.54, 1.807) is 32.2 Å². The van der Waals surface area contributed by atoms with Crippen LogP contribution in [0.25, 0.3) is 11.0 Å². The second-order valence-corrected chi connectivity index (χ2v) is 4.84. The molecule has 1 aromatic carbocycles. The van der Waals surface area contributed by atoms with Crippen LogP contribution in [-0.4, -0.2) is 35.7 Å². The predicted molar refractivity (Wildman–Crippen MR) is 83.3 cm³/mol. The van der Waals surface area contributed by atoms with Crippen LogP contribution in [0, 0.1) is 0 Å². The van der Waals surface area contributed by atoms with Crippen LogP contribution in [-0.2, 0) is 11.3 Å². The van der Waals surface area contributed by atoms with E-state index in [-0.39, 0.29) is 5.91 Å². The van der Waals surface area contributed by atoms with Crippen LogP contribution in [0.2, 0.25) is 0 Å². The summed E-state index contributed by atoms with van der Waals surface area (Å²) in [6, 6.07) is 4.88. The molecule has 2 aromatic rings. The van der Waals surface area contributed by atoms with Gasteiger partial charge in [-0.2, -0.15) is 0 Å². The van der Waals surface area contributed by atoms with E-state index in [0.717, 1.165) is 6.42 Å². The number of ether oxygens (including phenoxy) is 1. The summed E-state index contributed by atoms with van der Waals surface area (Å²) in [6.07, 6.45) is 0.724. The summed E-state index contributed by atoms with van der Waals surface area (Å²) < 4.78 is 6.30. The highest BCUT2D eigenvalue weighted by atomic mass is 16.5. The number of carbonyl (C=O) groups is 1. The van der Waals surface area contributed by atoms with E-state index in [1.165, 1.54) is 4.57 Å². The molecule has 1 heterocycles. The molecule has 0 fully saturated rings. The summed E-state index contributed by atoms with van der Waals surface area (Å²) >= 11 is 0. The van der Waals surface area contributed by atoms with E-state index in [2.05, 4.69) is 10.3 Å². The Kier molecular flexibility index (Phi) is 5.11. The Morgan fingerprint density at radius 3 is 2.82 bits per heavy atom. The number of benzene rings is 1. The van der Waals surface area contributed by atoms with Crippen molar-refractivity contribution in [1.29, 1.82) is 0 Å². The number of methoxy groups -OCH3 is 1. The second kappa shape index (κ2) is 7.04. The van der Waals surface area contributed by atoms with Crippen molar-refractivity contribution in [1.82, 2.24) is 14.9 Å². The molecule has 118 valence electrons. The predicted octanol–water partition coefficient (Wildman–Crippen LogP) is 0.476. The number of rotatable bonds is 6. The maximum atomic E-state index is 12.0. The van der Waals surface area contributed by atoms with Crippen LogP contribution in [0.5, 0.6) is 0 Å². The standard InChI is InChI=1S/C15H19N3O4/c1-3-18-12-6-5-10(13(19)16-7-4-8-22-2)9-11(12)17-14(20)15(18)21/h5-6,9H,3-4,7-8H2,1-2H3,(H,16,19)(H,17,20). The van der Waals surface area contributed by atoms with Crippen molar-refractivity contribution in [3.05, 3.63) is 44.5 Å². The number of nitrogens with one attached hydrogen (secondary N) is 2. The summed E-state index contributed by atoms with van der Waals surface area (Å²) in [5.41, 5.74) is 0.222. The molecule has 1 aromatic heterocycles. The van der Waals surface area contributed by atoms with Crippen LogP contribution < -0.4 is 16.4 Å². The van der Waals surface area contributed by atoms with Crippen LogP contribution in [0.15, 0.2) is 27.8 Å². The van der Waals surface area contributed by atoms with Gasteiger partial charge in [0.05, 0.1) is 11.0 Å². The largest absolute Gasteiger partial charge is 0.385 e. The van der Waals surface area contributed by atoms with E-state index in [4.69, 9.17) is 4.74 Å². The molecule has 7 nitrogen and oxygen atoms in total. The fourth-order valence-electron chi connectivity index (χ4n) is 2.25. The van der Waals surface area contributed by atoms with Crippen LogP contribution in [0.4, 0.5) is 0 Å². The zero-order valence-electron chi connectivity index (χ0n) is 12.6. The van der Waals surface area contributed by atoms with Crippen LogP contribution >= 0.6 is 0 Å². The van der Waals surface area contributed by atoms with E-state index in [1.807, 2.05) is 0 Å². The van der Waals surface area contributed by atoms with Gasteiger partial charge in [-0.3, -0.25) is 14.4 Å². The molecular formula is C15H19N3O4. The Hall–Kier alpha value is -2.41. The molecule has 0 saturated heterocycles. The van der Waals surface area contributed by atoms with Gasteiger partial charge in [-0.05, 0) is 31.5 Å². The molecule has 0 atom stereocenters. The highest BCUT2D eigenvalue weighted by Crippen LogP contribution is 2.11. The van der Waals surface area contributed by atoms with Crippen molar-refractivity contribution in [2.75, 3.05) is 20.3 Å². The van der Waals surface area contributed by atoms with Crippen molar-refractivity contribution in [3.63, 3.8) is 0 Å². The summed E-state index contributed by atoms with van der Waals surface area (Å²) in [5.74, 6) is -0.229. The van der Waals surface area contributed by atoms with Crippen LogP contribution in [0.1, 0.15) is 23.7 Å². The minimum Gasteiger partial charge on any atom is -0.385 e. The maximum absolute atomic E-state index is 12.0. The van der Waals surface area contributed by atoms with E-state index in [9.17, 15) is 14.4 Å². The Bertz CT molecular complexity index is 791. The first-order valence-electron chi connectivity index (χ1n) is 7.12. The van der Waals surface area contributed by atoms with Crippen molar-refractivity contribution in [2.45, 2.75) is 19.9 Å². The maximum Gasteiger partial charge on any atom is 0.316 e. The molecule has 0 spiro atoms. The number of aryl methyl sites for hydroxylation is 1.